The summed E-state index contributed by atoms with van der Waals surface area (Å²) in [5, 5.41) is 0. The minimum atomic E-state index is -0.675. The molecule has 0 saturated heterocycles. The zero-order chi connectivity index (χ0) is 13.1. The molecule has 0 aromatic heterocycles. The average Bonchev–Trinajstić information content (AvgIpc) is 2.14. The molecule has 0 bridgehead atoms. The molecule has 1 aromatic rings. The molecule has 17 heavy (non-hydrogen) atoms. The fraction of sp³-hybridized carbons (Fsp3) is 0.462. The molecule has 0 heterocycles. The summed E-state index contributed by atoms with van der Waals surface area (Å²) >= 11 is 0. The van der Waals surface area contributed by atoms with Crippen molar-refractivity contribution < 1.29 is 13.9 Å². The molecule has 2 N–H and O–H groups in total. The van der Waals surface area contributed by atoms with Crippen LogP contribution in [0.2, 0.25) is 0 Å². The number of carbonyl (C=O) groups excluding carboxylic acids is 1. The monoisotopic (exact) mass is 239 g/mol. The van der Waals surface area contributed by atoms with Crippen LogP contribution in [-0.4, -0.2) is 11.6 Å². The Bertz CT molecular complexity index is 399. The Morgan fingerprint density at radius 3 is 2.53 bits per heavy atom. The van der Waals surface area contributed by atoms with Crippen molar-refractivity contribution in [2.24, 2.45) is 5.73 Å². The average molecular weight is 239 g/mol. The maximum Gasteiger partial charge on any atom is 0.308 e. The first-order chi connectivity index (χ1) is 7.79. The number of hydrogen-bond acceptors (Lipinski definition) is 3. The summed E-state index contributed by atoms with van der Waals surface area (Å²) in [4.78, 5) is 11.5. The van der Waals surface area contributed by atoms with Gasteiger partial charge in [0.25, 0.3) is 0 Å². The molecule has 0 amide bonds. The number of hydrogen-bond donors (Lipinski definition) is 1. The Kier molecular flexibility index (Phi) is 4.23. The predicted molar refractivity (Wildman–Crippen MR) is 63.8 cm³/mol. The summed E-state index contributed by atoms with van der Waals surface area (Å²) in [5.41, 5.74) is 5.56. The Morgan fingerprint density at radius 1 is 1.41 bits per heavy atom. The minimum Gasteiger partial charge on any atom is -0.460 e. The zero-order valence-corrected chi connectivity index (χ0v) is 10.4. The highest BCUT2D eigenvalue weighted by Gasteiger charge is 2.20. The maximum atomic E-state index is 13.4. The van der Waals surface area contributed by atoms with Gasteiger partial charge < -0.3 is 10.5 Å². The van der Waals surface area contributed by atoms with Crippen molar-refractivity contribution in [3.05, 3.63) is 35.6 Å². The molecule has 0 aliphatic rings. The van der Waals surface area contributed by atoms with Crippen LogP contribution < -0.4 is 5.73 Å². The van der Waals surface area contributed by atoms with Gasteiger partial charge in [-0.3, -0.25) is 4.79 Å². The van der Waals surface area contributed by atoms with Gasteiger partial charge >= 0.3 is 5.97 Å². The van der Waals surface area contributed by atoms with Crippen LogP contribution in [0.1, 0.15) is 38.8 Å². The fourth-order valence-corrected chi connectivity index (χ4v) is 1.45. The molecule has 1 rings (SSSR count). The van der Waals surface area contributed by atoms with E-state index in [0.717, 1.165) is 0 Å². The SMILES string of the molecule is CC(C)(C)OC(=O)C[C@@H](N)c1ccccc1F. The second-order valence-electron chi connectivity index (χ2n) is 4.92. The smallest absolute Gasteiger partial charge is 0.308 e. The molecule has 1 atom stereocenters. The molecule has 0 saturated carbocycles. The van der Waals surface area contributed by atoms with Gasteiger partial charge in [0.2, 0.25) is 0 Å². The molecule has 4 heteroatoms. The van der Waals surface area contributed by atoms with E-state index in [1.54, 1.807) is 39.0 Å². The van der Waals surface area contributed by atoms with Gasteiger partial charge in [0, 0.05) is 11.6 Å². The highest BCUT2D eigenvalue weighted by atomic mass is 19.1. The van der Waals surface area contributed by atoms with E-state index in [1.807, 2.05) is 0 Å². The van der Waals surface area contributed by atoms with Crippen LogP contribution in [0.5, 0.6) is 0 Å². The van der Waals surface area contributed by atoms with Gasteiger partial charge in [-0.05, 0) is 26.8 Å². The first kappa shape index (κ1) is 13.6. The zero-order valence-electron chi connectivity index (χ0n) is 10.4. The lowest BCUT2D eigenvalue weighted by atomic mass is 10.0. The summed E-state index contributed by atoms with van der Waals surface area (Å²) < 4.78 is 18.5. The third-order valence-electron chi connectivity index (χ3n) is 2.11. The first-order valence-corrected chi connectivity index (χ1v) is 5.51. The third kappa shape index (κ3) is 4.53. The topological polar surface area (TPSA) is 52.3 Å². The highest BCUT2D eigenvalue weighted by Crippen LogP contribution is 2.19. The maximum absolute atomic E-state index is 13.4. The number of rotatable bonds is 3. The summed E-state index contributed by atoms with van der Waals surface area (Å²) in [6.45, 7) is 5.33. The van der Waals surface area contributed by atoms with Crippen LogP contribution in [0.3, 0.4) is 0 Å². The number of benzene rings is 1. The molecule has 0 aliphatic heterocycles. The second-order valence-corrected chi connectivity index (χ2v) is 4.92. The van der Waals surface area contributed by atoms with Crippen molar-refractivity contribution in [1.29, 1.82) is 0 Å². The molecule has 0 fully saturated rings. The number of halogens is 1. The molecule has 0 aliphatic carbocycles. The predicted octanol–water partition coefficient (Wildman–Crippen LogP) is 2.56. The van der Waals surface area contributed by atoms with E-state index in [9.17, 15) is 9.18 Å². The summed E-state index contributed by atoms with van der Waals surface area (Å²) in [7, 11) is 0. The van der Waals surface area contributed by atoms with Gasteiger partial charge in [0.1, 0.15) is 11.4 Å². The van der Waals surface area contributed by atoms with E-state index in [1.165, 1.54) is 6.07 Å². The lowest BCUT2D eigenvalue weighted by Crippen LogP contribution is -2.26. The van der Waals surface area contributed by atoms with Crippen molar-refractivity contribution in [3.8, 4) is 0 Å². The Labute approximate surface area is 101 Å². The normalized spacial score (nSPS) is 13.2. The van der Waals surface area contributed by atoms with E-state index in [0.29, 0.717) is 5.56 Å². The van der Waals surface area contributed by atoms with Crippen LogP contribution >= 0.6 is 0 Å². The third-order valence-corrected chi connectivity index (χ3v) is 2.11. The van der Waals surface area contributed by atoms with E-state index >= 15 is 0 Å². The number of nitrogens with two attached hydrogens (primary N) is 1. The molecule has 3 nitrogen and oxygen atoms in total. The van der Waals surface area contributed by atoms with Gasteiger partial charge in [-0.15, -0.1) is 0 Å². The lowest BCUT2D eigenvalue weighted by molar-refractivity contribution is -0.155. The molecule has 0 spiro atoms. The van der Waals surface area contributed by atoms with Gasteiger partial charge in [0.05, 0.1) is 6.42 Å². The quantitative estimate of drug-likeness (QED) is 0.825. The van der Waals surface area contributed by atoms with Gasteiger partial charge in [0.15, 0.2) is 0 Å². The van der Waals surface area contributed by atoms with Crippen LogP contribution in [0.4, 0.5) is 4.39 Å². The molecule has 0 unspecified atom stereocenters. The van der Waals surface area contributed by atoms with E-state index in [-0.39, 0.29) is 6.42 Å². The molecule has 0 radical (unpaired) electrons. The van der Waals surface area contributed by atoms with Crippen LogP contribution in [0, 0.1) is 5.82 Å². The Balaban J connectivity index is 2.64. The molecule has 94 valence electrons. The van der Waals surface area contributed by atoms with E-state index in [2.05, 4.69) is 0 Å². The summed E-state index contributed by atoms with van der Waals surface area (Å²) in [6, 6.07) is 5.49. The minimum absolute atomic E-state index is 0.0296. The van der Waals surface area contributed by atoms with Crippen molar-refractivity contribution in [1.82, 2.24) is 0 Å². The second kappa shape index (κ2) is 5.27. The van der Waals surface area contributed by atoms with Crippen molar-refractivity contribution in [2.75, 3.05) is 0 Å². The van der Waals surface area contributed by atoms with Crippen LogP contribution in [0.25, 0.3) is 0 Å². The van der Waals surface area contributed by atoms with E-state index < -0.39 is 23.4 Å². The molecular weight excluding hydrogens is 221 g/mol. The molecular formula is C13H18FNO2. The Hall–Kier alpha value is -1.42. The van der Waals surface area contributed by atoms with Crippen molar-refractivity contribution in [3.63, 3.8) is 0 Å². The number of ether oxygens (including phenoxy) is 1. The van der Waals surface area contributed by atoms with Gasteiger partial charge in [-0.2, -0.15) is 0 Å². The fourth-order valence-electron chi connectivity index (χ4n) is 1.45. The first-order valence-electron chi connectivity index (χ1n) is 5.51. The van der Waals surface area contributed by atoms with E-state index in [4.69, 9.17) is 10.5 Å². The van der Waals surface area contributed by atoms with Crippen LogP contribution in [-0.2, 0) is 9.53 Å². The van der Waals surface area contributed by atoms with Gasteiger partial charge in [-0.25, -0.2) is 4.39 Å². The molecule has 1 aromatic carbocycles. The highest BCUT2D eigenvalue weighted by molar-refractivity contribution is 5.70. The van der Waals surface area contributed by atoms with Crippen LogP contribution in [0.15, 0.2) is 24.3 Å². The van der Waals surface area contributed by atoms with Crippen molar-refractivity contribution >= 4 is 5.97 Å². The Morgan fingerprint density at radius 2 is 2.00 bits per heavy atom. The van der Waals surface area contributed by atoms with Gasteiger partial charge in [-0.1, -0.05) is 18.2 Å². The number of esters is 1. The lowest BCUT2D eigenvalue weighted by Gasteiger charge is -2.21. The van der Waals surface area contributed by atoms with Crippen molar-refractivity contribution in [2.45, 2.75) is 38.8 Å². The standard InChI is InChI=1S/C13H18FNO2/c1-13(2,3)17-12(16)8-11(15)9-6-4-5-7-10(9)14/h4-7,11H,8,15H2,1-3H3/t11-/m1/s1. The summed E-state index contributed by atoms with van der Waals surface area (Å²) in [6.07, 6.45) is -0.0296. The summed E-state index contributed by atoms with van der Waals surface area (Å²) in [5.74, 6) is -0.822. The largest absolute Gasteiger partial charge is 0.460 e. The number of carbonyl (C=O) groups is 1.